The first-order valence-electron chi connectivity index (χ1n) is 8.84. The van der Waals surface area contributed by atoms with Gasteiger partial charge in [0.25, 0.3) is 5.91 Å². The predicted molar refractivity (Wildman–Crippen MR) is 105 cm³/mol. The Morgan fingerprint density at radius 2 is 2.04 bits per heavy atom. The van der Waals surface area contributed by atoms with E-state index in [0.29, 0.717) is 17.1 Å². The van der Waals surface area contributed by atoms with E-state index in [1.165, 1.54) is 28.7 Å². The smallest absolute Gasteiger partial charge is 0.265 e. The van der Waals surface area contributed by atoms with Crippen molar-refractivity contribution in [3.05, 3.63) is 50.7 Å². The number of carbonyl (C=O) groups excluding carboxylic acids is 1. The average Bonchev–Trinajstić information content (AvgIpc) is 3.28. The Balaban J connectivity index is 1.53. The van der Waals surface area contributed by atoms with Crippen molar-refractivity contribution in [3.63, 3.8) is 0 Å². The van der Waals surface area contributed by atoms with Gasteiger partial charge in [-0.3, -0.25) is 4.79 Å². The van der Waals surface area contributed by atoms with Gasteiger partial charge in [0.05, 0.1) is 10.7 Å². The highest BCUT2D eigenvalue weighted by atomic mass is 32.1. The van der Waals surface area contributed by atoms with Gasteiger partial charge in [-0.1, -0.05) is 23.5 Å². The van der Waals surface area contributed by atoms with Crippen LogP contribution in [0.25, 0.3) is 10.6 Å². The summed E-state index contributed by atoms with van der Waals surface area (Å²) in [5.74, 6) is -0.117. The zero-order valence-corrected chi connectivity index (χ0v) is 16.7. The first-order valence-corrected chi connectivity index (χ1v) is 10.5. The fourth-order valence-electron chi connectivity index (χ4n) is 3.38. The highest BCUT2D eigenvalue weighted by molar-refractivity contribution is 7.14. The molecule has 1 atom stereocenters. The molecule has 2 aromatic heterocycles. The minimum absolute atomic E-state index is 0.0432. The first kappa shape index (κ1) is 18.2. The number of amides is 1. The minimum Gasteiger partial charge on any atom is -0.337 e. The van der Waals surface area contributed by atoms with Crippen LogP contribution in [0.5, 0.6) is 0 Å². The van der Waals surface area contributed by atoms with Crippen LogP contribution >= 0.6 is 22.7 Å². The molecule has 8 heteroatoms. The lowest BCUT2D eigenvalue weighted by Crippen LogP contribution is -2.39. The second-order valence-corrected chi connectivity index (χ2v) is 8.88. The van der Waals surface area contributed by atoms with E-state index in [-0.39, 0.29) is 17.6 Å². The lowest BCUT2D eigenvalue weighted by molar-refractivity contribution is 0.0711. The molecule has 4 rings (SSSR count). The number of hydrogen-bond donors (Lipinski definition) is 0. The summed E-state index contributed by atoms with van der Waals surface area (Å²) < 4.78 is 14.0. The summed E-state index contributed by atoms with van der Waals surface area (Å²) in [6, 6.07) is 6.59. The van der Waals surface area contributed by atoms with Crippen LogP contribution < -0.4 is 0 Å². The van der Waals surface area contributed by atoms with Gasteiger partial charge in [-0.2, -0.15) is 0 Å². The Kier molecular flexibility index (Phi) is 5.01. The van der Waals surface area contributed by atoms with Crippen LogP contribution in [0, 0.1) is 19.7 Å². The molecule has 0 bridgehead atoms. The van der Waals surface area contributed by atoms with Crippen LogP contribution in [0.4, 0.5) is 4.39 Å². The number of likely N-dealkylation sites (tertiary alicyclic amines) is 1. The number of aryl methyl sites for hydroxylation is 2. The fraction of sp³-hybridized carbons (Fsp3) is 0.368. The third kappa shape index (κ3) is 3.64. The third-order valence-corrected chi connectivity index (χ3v) is 6.88. The van der Waals surface area contributed by atoms with Crippen molar-refractivity contribution in [2.75, 3.05) is 13.1 Å². The van der Waals surface area contributed by atoms with Crippen molar-refractivity contribution in [2.24, 2.45) is 0 Å². The van der Waals surface area contributed by atoms with Gasteiger partial charge in [-0.15, -0.1) is 21.5 Å². The van der Waals surface area contributed by atoms with Gasteiger partial charge >= 0.3 is 0 Å². The molecule has 1 aromatic carbocycles. The lowest BCUT2D eigenvalue weighted by atomic mass is 9.98. The molecule has 0 radical (unpaired) electrons. The fourth-order valence-corrected chi connectivity index (χ4v) is 5.26. The number of benzene rings is 1. The highest BCUT2D eigenvalue weighted by Gasteiger charge is 2.29. The molecule has 3 heterocycles. The summed E-state index contributed by atoms with van der Waals surface area (Å²) in [4.78, 5) is 19.9. The number of aromatic nitrogens is 3. The Bertz CT molecular complexity index is 984. The van der Waals surface area contributed by atoms with E-state index in [1.54, 1.807) is 18.2 Å². The minimum atomic E-state index is -0.295. The number of halogens is 1. The van der Waals surface area contributed by atoms with E-state index in [0.717, 1.165) is 40.0 Å². The molecule has 0 N–H and O–H groups in total. The molecule has 1 aliphatic rings. The Labute approximate surface area is 164 Å². The van der Waals surface area contributed by atoms with Crippen LogP contribution in [0.2, 0.25) is 0 Å². The van der Waals surface area contributed by atoms with Gasteiger partial charge in [0, 0.05) is 24.6 Å². The van der Waals surface area contributed by atoms with E-state index in [1.807, 2.05) is 18.7 Å². The highest BCUT2D eigenvalue weighted by Crippen LogP contribution is 2.34. The second-order valence-electron chi connectivity index (χ2n) is 6.66. The van der Waals surface area contributed by atoms with Crippen LogP contribution in [0.3, 0.4) is 0 Å². The molecule has 0 spiro atoms. The number of carbonyl (C=O) groups is 1. The van der Waals surface area contributed by atoms with Crippen molar-refractivity contribution in [3.8, 4) is 10.6 Å². The van der Waals surface area contributed by atoms with Crippen LogP contribution in [0.15, 0.2) is 24.3 Å². The third-order valence-electron chi connectivity index (χ3n) is 4.70. The molecule has 1 fully saturated rings. The van der Waals surface area contributed by atoms with Gasteiger partial charge < -0.3 is 4.90 Å². The van der Waals surface area contributed by atoms with Gasteiger partial charge in [0.1, 0.15) is 15.7 Å². The summed E-state index contributed by atoms with van der Waals surface area (Å²) >= 11 is 2.86. The molecular formula is C19H19FN4OS2. The molecule has 27 heavy (non-hydrogen) atoms. The summed E-state index contributed by atoms with van der Waals surface area (Å²) in [5.41, 5.74) is 1.27. The number of piperidine rings is 1. The standard InChI is InChI=1S/C19H19FN4OS2/c1-11-16(26-12(2)21-11)19(25)24-9-5-6-13(10-24)17-22-23-18(27-17)14-7-3-4-8-15(14)20/h3-4,7-8,13H,5-6,9-10H2,1-2H3/t13-/m1/s1. The molecule has 1 aliphatic heterocycles. The quantitative estimate of drug-likeness (QED) is 0.650. The summed E-state index contributed by atoms with van der Waals surface area (Å²) in [6.45, 7) is 5.15. The van der Waals surface area contributed by atoms with Gasteiger partial charge in [0.15, 0.2) is 5.01 Å². The largest absolute Gasteiger partial charge is 0.337 e. The normalized spacial score (nSPS) is 17.3. The number of thiazole rings is 1. The van der Waals surface area contributed by atoms with Crippen molar-refractivity contribution < 1.29 is 9.18 Å². The van der Waals surface area contributed by atoms with E-state index in [4.69, 9.17) is 0 Å². The zero-order chi connectivity index (χ0) is 19.0. The maximum absolute atomic E-state index is 14.0. The summed E-state index contributed by atoms with van der Waals surface area (Å²) in [6.07, 6.45) is 1.87. The number of rotatable bonds is 3. The van der Waals surface area contributed by atoms with E-state index in [9.17, 15) is 9.18 Å². The molecule has 5 nitrogen and oxygen atoms in total. The van der Waals surface area contributed by atoms with Crippen LogP contribution in [-0.2, 0) is 0 Å². The van der Waals surface area contributed by atoms with Gasteiger partial charge in [-0.25, -0.2) is 9.37 Å². The monoisotopic (exact) mass is 402 g/mol. The van der Waals surface area contributed by atoms with Crippen molar-refractivity contribution in [2.45, 2.75) is 32.6 Å². The van der Waals surface area contributed by atoms with E-state index in [2.05, 4.69) is 15.2 Å². The maximum atomic E-state index is 14.0. The topological polar surface area (TPSA) is 59.0 Å². The molecule has 0 saturated carbocycles. The van der Waals surface area contributed by atoms with Crippen LogP contribution in [-0.4, -0.2) is 39.1 Å². The van der Waals surface area contributed by atoms with Crippen molar-refractivity contribution in [1.82, 2.24) is 20.1 Å². The first-order chi connectivity index (χ1) is 13.0. The Hall–Kier alpha value is -2.19. The van der Waals surface area contributed by atoms with Gasteiger partial charge in [-0.05, 0) is 38.8 Å². The van der Waals surface area contributed by atoms with E-state index >= 15 is 0 Å². The average molecular weight is 403 g/mol. The lowest BCUT2D eigenvalue weighted by Gasteiger charge is -2.31. The molecular weight excluding hydrogens is 383 g/mol. The summed E-state index contributed by atoms with van der Waals surface area (Å²) in [5, 5.41) is 10.8. The Morgan fingerprint density at radius 3 is 2.78 bits per heavy atom. The molecule has 1 saturated heterocycles. The van der Waals surface area contributed by atoms with Crippen molar-refractivity contribution >= 4 is 28.6 Å². The SMILES string of the molecule is Cc1nc(C)c(C(=O)N2CCC[C@@H](c3nnc(-c4ccccc4F)s3)C2)s1. The number of nitrogens with zero attached hydrogens (tertiary/aromatic N) is 4. The molecule has 0 unspecified atom stereocenters. The predicted octanol–water partition coefficient (Wildman–Crippen LogP) is 4.44. The van der Waals surface area contributed by atoms with Crippen LogP contribution in [0.1, 0.15) is 44.1 Å². The van der Waals surface area contributed by atoms with E-state index < -0.39 is 0 Å². The molecule has 0 aliphatic carbocycles. The number of hydrogen-bond acceptors (Lipinski definition) is 6. The van der Waals surface area contributed by atoms with Crippen molar-refractivity contribution in [1.29, 1.82) is 0 Å². The summed E-state index contributed by atoms with van der Waals surface area (Å²) in [7, 11) is 0. The molecule has 1 amide bonds. The Morgan fingerprint density at radius 1 is 1.22 bits per heavy atom. The second kappa shape index (κ2) is 7.44. The maximum Gasteiger partial charge on any atom is 0.265 e. The molecule has 3 aromatic rings. The molecule has 140 valence electrons. The zero-order valence-electron chi connectivity index (χ0n) is 15.1. The van der Waals surface area contributed by atoms with Gasteiger partial charge in [0.2, 0.25) is 0 Å².